The maximum absolute atomic E-state index is 12.3. The molecule has 128 valence electrons. The van der Waals surface area contributed by atoms with Gasteiger partial charge >= 0.3 is 0 Å². The van der Waals surface area contributed by atoms with Crippen molar-refractivity contribution in [3.63, 3.8) is 0 Å². The van der Waals surface area contributed by atoms with Gasteiger partial charge < -0.3 is 15.1 Å². The van der Waals surface area contributed by atoms with E-state index in [4.69, 9.17) is 0 Å². The van der Waals surface area contributed by atoms with Crippen LogP contribution in [0, 0.1) is 13.8 Å². The number of nitrogens with one attached hydrogen (secondary N) is 3. The molecule has 3 rings (SSSR count). The van der Waals surface area contributed by atoms with E-state index in [2.05, 4.69) is 42.7 Å². The zero-order valence-corrected chi connectivity index (χ0v) is 15.3. The van der Waals surface area contributed by atoms with Crippen LogP contribution in [0.25, 0.3) is 0 Å². The molecule has 5 heteroatoms. The highest BCUT2D eigenvalue weighted by Crippen LogP contribution is 2.13. The van der Waals surface area contributed by atoms with Gasteiger partial charge in [0.2, 0.25) is 0 Å². The van der Waals surface area contributed by atoms with E-state index in [1.165, 1.54) is 20.9 Å². The highest BCUT2D eigenvalue weighted by molar-refractivity contribution is 7.09. The van der Waals surface area contributed by atoms with Crippen molar-refractivity contribution in [2.75, 3.05) is 38.0 Å². The minimum atomic E-state index is 0.122. The summed E-state index contributed by atoms with van der Waals surface area (Å²) in [4.78, 5) is 16.8. The fourth-order valence-corrected chi connectivity index (χ4v) is 4.23. The number of carbonyl (C=O) groups is 1. The van der Waals surface area contributed by atoms with Crippen molar-refractivity contribution in [2.24, 2.45) is 0 Å². The molecule has 1 saturated heterocycles. The van der Waals surface area contributed by atoms with E-state index in [0.29, 0.717) is 6.54 Å². The fourth-order valence-electron chi connectivity index (χ4n) is 3.45. The summed E-state index contributed by atoms with van der Waals surface area (Å²) < 4.78 is 0. The monoisotopic (exact) mass is 345 g/mol. The molecule has 1 aliphatic heterocycles. The average Bonchev–Trinajstić information content (AvgIpc) is 3.01. The third kappa shape index (κ3) is 4.90. The number of amides is 1. The summed E-state index contributed by atoms with van der Waals surface area (Å²) in [5.41, 5.74) is 3.28. The summed E-state index contributed by atoms with van der Waals surface area (Å²) >= 11 is 1.84. The Labute approximate surface area is 148 Å². The average molecular weight is 346 g/mol. The predicted molar refractivity (Wildman–Crippen MR) is 98.8 cm³/mol. The smallest absolute Gasteiger partial charge is 0.279 e. The molecule has 2 heterocycles. The summed E-state index contributed by atoms with van der Waals surface area (Å²) in [7, 11) is 0. The lowest BCUT2D eigenvalue weighted by Gasteiger charge is -2.29. The second kappa shape index (κ2) is 7.92. The maximum atomic E-state index is 12.3. The van der Waals surface area contributed by atoms with E-state index in [1.807, 2.05) is 23.5 Å². The van der Waals surface area contributed by atoms with Gasteiger partial charge in [-0.3, -0.25) is 4.79 Å². The van der Waals surface area contributed by atoms with Gasteiger partial charge in [0.1, 0.15) is 32.7 Å². The van der Waals surface area contributed by atoms with E-state index < -0.39 is 0 Å². The van der Waals surface area contributed by atoms with E-state index >= 15 is 0 Å². The summed E-state index contributed by atoms with van der Waals surface area (Å²) in [5.74, 6) is 0.122. The number of rotatable bonds is 5. The Morgan fingerprint density at radius 1 is 1.08 bits per heavy atom. The molecule has 1 aliphatic rings. The number of aryl methyl sites for hydroxylation is 2. The van der Waals surface area contributed by atoms with Gasteiger partial charge in [-0.2, -0.15) is 0 Å². The molecule has 4 nitrogen and oxygen atoms in total. The number of piperazine rings is 1. The molecular formula is C19H27N3OS+2. The lowest BCUT2D eigenvalue weighted by Crippen LogP contribution is -3.28. The molecule has 1 amide bonds. The van der Waals surface area contributed by atoms with E-state index in [-0.39, 0.29) is 5.91 Å². The molecular weight excluding hydrogens is 318 g/mol. The van der Waals surface area contributed by atoms with E-state index in [9.17, 15) is 4.79 Å². The predicted octanol–water partition coefficient (Wildman–Crippen LogP) is 0.287. The first-order valence-corrected chi connectivity index (χ1v) is 9.54. The van der Waals surface area contributed by atoms with E-state index in [1.54, 1.807) is 4.90 Å². The Bertz CT molecular complexity index is 656. The first-order valence-electron chi connectivity index (χ1n) is 8.66. The second-order valence-corrected chi connectivity index (χ2v) is 7.89. The van der Waals surface area contributed by atoms with Crippen LogP contribution in [0.15, 0.2) is 35.7 Å². The first-order chi connectivity index (χ1) is 11.6. The molecule has 0 unspecified atom stereocenters. The van der Waals surface area contributed by atoms with Crippen LogP contribution < -0.4 is 15.1 Å². The van der Waals surface area contributed by atoms with Gasteiger partial charge in [0.05, 0.1) is 4.88 Å². The number of carbonyl (C=O) groups excluding carboxylic acids is 1. The number of hydrogen-bond acceptors (Lipinski definition) is 2. The van der Waals surface area contributed by atoms with Gasteiger partial charge in [-0.15, -0.1) is 11.3 Å². The zero-order valence-electron chi connectivity index (χ0n) is 14.5. The van der Waals surface area contributed by atoms with Crippen LogP contribution in [0.5, 0.6) is 0 Å². The molecule has 1 aromatic carbocycles. The van der Waals surface area contributed by atoms with Crippen LogP contribution in [0.3, 0.4) is 0 Å². The van der Waals surface area contributed by atoms with Gasteiger partial charge in [0, 0.05) is 5.69 Å². The minimum absolute atomic E-state index is 0.122. The molecule has 0 aliphatic carbocycles. The minimum Gasteiger partial charge on any atom is -0.321 e. The third-order valence-electron chi connectivity index (χ3n) is 4.58. The third-order valence-corrected chi connectivity index (χ3v) is 5.46. The molecule has 0 saturated carbocycles. The SMILES string of the molecule is Cc1cc(C)cc(NC(=O)C[NH+]2CC[NH+](Cc3cccs3)CC2)c1. The second-order valence-electron chi connectivity index (χ2n) is 6.86. The zero-order chi connectivity index (χ0) is 16.9. The lowest BCUT2D eigenvalue weighted by molar-refractivity contribution is -1.01. The number of thiophene rings is 1. The van der Waals surface area contributed by atoms with Crippen molar-refractivity contribution in [1.82, 2.24) is 0 Å². The molecule has 1 fully saturated rings. The van der Waals surface area contributed by atoms with Crippen molar-refractivity contribution in [1.29, 1.82) is 0 Å². The molecule has 0 bridgehead atoms. The molecule has 24 heavy (non-hydrogen) atoms. The molecule has 0 atom stereocenters. The van der Waals surface area contributed by atoms with Crippen LogP contribution >= 0.6 is 11.3 Å². The van der Waals surface area contributed by atoms with Gasteiger partial charge in [-0.05, 0) is 48.6 Å². The molecule has 0 radical (unpaired) electrons. The number of hydrogen-bond donors (Lipinski definition) is 3. The maximum Gasteiger partial charge on any atom is 0.279 e. The Morgan fingerprint density at radius 2 is 1.75 bits per heavy atom. The van der Waals surface area contributed by atoms with Gasteiger partial charge in [0.25, 0.3) is 5.91 Å². The quantitative estimate of drug-likeness (QED) is 0.716. The topological polar surface area (TPSA) is 38.0 Å². The van der Waals surface area contributed by atoms with Crippen molar-refractivity contribution >= 4 is 22.9 Å². The Morgan fingerprint density at radius 3 is 2.38 bits per heavy atom. The van der Waals surface area contributed by atoms with Crippen LogP contribution in [0.1, 0.15) is 16.0 Å². The van der Waals surface area contributed by atoms with Gasteiger partial charge in [-0.1, -0.05) is 12.1 Å². The largest absolute Gasteiger partial charge is 0.321 e. The molecule has 2 aromatic rings. The van der Waals surface area contributed by atoms with Crippen molar-refractivity contribution in [3.8, 4) is 0 Å². The molecule has 0 spiro atoms. The highest BCUT2D eigenvalue weighted by atomic mass is 32.1. The molecule has 1 aromatic heterocycles. The number of benzene rings is 1. The van der Waals surface area contributed by atoms with E-state index in [0.717, 1.165) is 38.4 Å². The van der Waals surface area contributed by atoms with Crippen LogP contribution in [0.4, 0.5) is 5.69 Å². The Hall–Kier alpha value is -1.69. The van der Waals surface area contributed by atoms with Crippen molar-refractivity contribution < 1.29 is 14.6 Å². The van der Waals surface area contributed by atoms with Gasteiger partial charge in [0.15, 0.2) is 6.54 Å². The molecule has 3 N–H and O–H groups in total. The lowest BCUT2D eigenvalue weighted by atomic mass is 10.1. The Balaban J connectivity index is 1.44. The summed E-state index contributed by atoms with van der Waals surface area (Å²) in [6, 6.07) is 10.5. The van der Waals surface area contributed by atoms with Crippen LogP contribution in [-0.2, 0) is 11.3 Å². The van der Waals surface area contributed by atoms with Gasteiger partial charge in [-0.25, -0.2) is 0 Å². The van der Waals surface area contributed by atoms with Crippen LogP contribution in [-0.4, -0.2) is 38.6 Å². The van der Waals surface area contributed by atoms with Crippen LogP contribution in [0.2, 0.25) is 0 Å². The summed E-state index contributed by atoms with van der Waals surface area (Å²) in [6.45, 7) is 10.2. The first kappa shape index (κ1) is 17.1. The standard InChI is InChI=1S/C19H25N3OS/c1-15-10-16(2)12-17(11-15)20-19(23)14-22-7-5-21(6-8-22)13-18-4-3-9-24-18/h3-4,9-12H,5-8,13-14H2,1-2H3,(H,20,23)/p+2. The summed E-state index contributed by atoms with van der Waals surface area (Å²) in [6.07, 6.45) is 0. The Kier molecular flexibility index (Phi) is 5.66. The number of quaternary nitrogens is 2. The number of anilines is 1. The van der Waals surface area contributed by atoms with Crippen molar-refractivity contribution in [3.05, 3.63) is 51.7 Å². The van der Waals surface area contributed by atoms with Crippen molar-refractivity contribution in [2.45, 2.75) is 20.4 Å². The summed E-state index contributed by atoms with van der Waals surface area (Å²) in [5, 5.41) is 5.20. The fraction of sp³-hybridized carbons (Fsp3) is 0.421. The normalized spacial score (nSPS) is 20.8. The highest BCUT2D eigenvalue weighted by Gasteiger charge is 2.25.